The van der Waals surface area contributed by atoms with E-state index in [9.17, 15) is 9.59 Å². The lowest BCUT2D eigenvalue weighted by Crippen LogP contribution is -2.35. The fraction of sp³-hybridized carbons (Fsp3) is 0.529. The van der Waals surface area contributed by atoms with E-state index in [0.29, 0.717) is 12.6 Å². The SMILES string of the molecule is CC(=O)Nc1ccc(NC(=O)CNC2CCCCCC2)cc1. The Hall–Kier alpha value is -1.88. The van der Waals surface area contributed by atoms with Gasteiger partial charge in [0, 0.05) is 24.3 Å². The molecule has 3 N–H and O–H groups in total. The zero-order valence-electron chi connectivity index (χ0n) is 13.2. The Labute approximate surface area is 131 Å². The first-order valence-electron chi connectivity index (χ1n) is 8.04. The van der Waals surface area contributed by atoms with E-state index < -0.39 is 0 Å². The lowest BCUT2D eigenvalue weighted by atomic mass is 10.1. The average molecular weight is 303 g/mol. The van der Waals surface area contributed by atoms with Gasteiger partial charge < -0.3 is 16.0 Å². The van der Waals surface area contributed by atoms with E-state index in [-0.39, 0.29) is 11.8 Å². The summed E-state index contributed by atoms with van der Waals surface area (Å²) in [4.78, 5) is 22.9. The molecular weight excluding hydrogens is 278 g/mol. The van der Waals surface area contributed by atoms with Crippen LogP contribution in [-0.4, -0.2) is 24.4 Å². The summed E-state index contributed by atoms with van der Waals surface area (Å²) in [5.74, 6) is -0.138. The Bertz CT molecular complexity index is 491. The number of amides is 2. The van der Waals surface area contributed by atoms with Crippen LogP contribution in [0.3, 0.4) is 0 Å². The van der Waals surface area contributed by atoms with Crippen molar-refractivity contribution in [1.29, 1.82) is 0 Å². The highest BCUT2D eigenvalue weighted by atomic mass is 16.2. The van der Waals surface area contributed by atoms with Crippen molar-refractivity contribution in [1.82, 2.24) is 5.32 Å². The van der Waals surface area contributed by atoms with Gasteiger partial charge in [0.1, 0.15) is 0 Å². The van der Waals surface area contributed by atoms with Gasteiger partial charge in [0.2, 0.25) is 11.8 Å². The first kappa shape index (κ1) is 16.5. The van der Waals surface area contributed by atoms with E-state index in [0.717, 1.165) is 11.4 Å². The monoisotopic (exact) mass is 303 g/mol. The van der Waals surface area contributed by atoms with E-state index >= 15 is 0 Å². The second-order valence-electron chi connectivity index (χ2n) is 5.88. The third-order valence-corrected chi connectivity index (χ3v) is 3.90. The number of carbonyl (C=O) groups excluding carboxylic acids is 2. The van der Waals surface area contributed by atoms with E-state index in [1.54, 1.807) is 24.3 Å². The largest absolute Gasteiger partial charge is 0.326 e. The molecule has 2 rings (SSSR count). The van der Waals surface area contributed by atoms with Gasteiger partial charge in [-0.15, -0.1) is 0 Å². The molecule has 1 aliphatic carbocycles. The van der Waals surface area contributed by atoms with Crippen LogP contribution < -0.4 is 16.0 Å². The molecule has 1 fully saturated rings. The van der Waals surface area contributed by atoms with Gasteiger partial charge in [0.05, 0.1) is 6.54 Å². The first-order chi connectivity index (χ1) is 10.6. The summed E-state index contributed by atoms with van der Waals surface area (Å²) in [6, 6.07) is 7.59. The van der Waals surface area contributed by atoms with Crippen LogP contribution in [0.25, 0.3) is 0 Å². The second kappa shape index (κ2) is 8.54. The molecule has 22 heavy (non-hydrogen) atoms. The predicted octanol–water partition coefficient (Wildman–Crippen LogP) is 2.90. The van der Waals surface area contributed by atoms with Crippen LogP contribution in [0.2, 0.25) is 0 Å². The number of carbonyl (C=O) groups is 2. The molecule has 1 aliphatic rings. The number of hydrogen-bond acceptors (Lipinski definition) is 3. The van der Waals surface area contributed by atoms with Crippen molar-refractivity contribution >= 4 is 23.2 Å². The highest BCUT2D eigenvalue weighted by Crippen LogP contribution is 2.17. The molecule has 5 nitrogen and oxygen atoms in total. The Morgan fingerprint density at radius 2 is 1.50 bits per heavy atom. The smallest absolute Gasteiger partial charge is 0.238 e. The molecule has 120 valence electrons. The minimum Gasteiger partial charge on any atom is -0.326 e. The maximum atomic E-state index is 12.0. The second-order valence-corrected chi connectivity index (χ2v) is 5.88. The maximum Gasteiger partial charge on any atom is 0.238 e. The van der Waals surface area contributed by atoms with Crippen molar-refractivity contribution in [3.8, 4) is 0 Å². The molecular formula is C17H25N3O2. The molecule has 0 atom stereocenters. The molecule has 0 unspecified atom stereocenters. The number of benzene rings is 1. The van der Waals surface area contributed by atoms with Crippen molar-refractivity contribution < 1.29 is 9.59 Å². The zero-order chi connectivity index (χ0) is 15.8. The van der Waals surface area contributed by atoms with Crippen molar-refractivity contribution in [2.24, 2.45) is 0 Å². The summed E-state index contributed by atoms with van der Waals surface area (Å²) in [5.41, 5.74) is 1.46. The van der Waals surface area contributed by atoms with Gasteiger partial charge in [-0.25, -0.2) is 0 Å². The third-order valence-electron chi connectivity index (χ3n) is 3.90. The summed E-state index contributed by atoms with van der Waals surface area (Å²) in [6.45, 7) is 1.81. The minimum absolute atomic E-state index is 0.0310. The molecule has 0 heterocycles. The highest BCUT2D eigenvalue weighted by Gasteiger charge is 2.12. The summed E-state index contributed by atoms with van der Waals surface area (Å²) < 4.78 is 0. The van der Waals surface area contributed by atoms with Crippen LogP contribution in [0.5, 0.6) is 0 Å². The molecule has 0 spiro atoms. The number of anilines is 2. The van der Waals surface area contributed by atoms with Gasteiger partial charge in [-0.2, -0.15) is 0 Å². The number of nitrogens with one attached hydrogen (secondary N) is 3. The summed E-state index contributed by atoms with van der Waals surface area (Å²) in [7, 11) is 0. The van der Waals surface area contributed by atoms with Crippen LogP contribution >= 0.6 is 0 Å². The van der Waals surface area contributed by atoms with Crippen molar-refractivity contribution in [2.45, 2.75) is 51.5 Å². The molecule has 0 radical (unpaired) electrons. The quantitative estimate of drug-likeness (QED) is 0.733. The molecule has 2 amide bonds. The van der Waals surface area contributed by atoms with Crippen LogP contribution in [0.4, 0.5) is 11.4 Å². The Balaban J connectivity index is 1.75. The fourth-order valence-corrected chi connectivity index (χ4v) is 2.77. The van der Waals surface area contributed by atoms with Crippen LogP contribution in [0.15, 0.2) is 24.3 Å². The molecule has 5 heteroatoms. The molecule has 1 aromatic rings. The van der Waals surface area contributed by atoms with Crippen LogP contribution in [0.1, 0.15) is 45.4 Å². The molecule has 0 bridgehead atoms. The van der Waals surface area contributed by atoms with E-state index in [4.69, 9.17) is 0 Å². The fourth-order valence-electron chi connectivity index (χ4n) is 2.77. The molecule has 0 aliphatic heterocycles. The third kappa shape index (κ3) is 5.85. The summed E-state index contributed by atoms with van der Waals surface area (Å²) in [6.07, 6.45) is 7.46. The summed E-state index contributed by atoms with van der Waals surface area (Å²) in [5, 5.41) is 8.91. The van der Waals surface area contributed by atoms with Crippen LogP contribution in [0, 0.1) is 0 Å². The van der Waals surface area contributed by atoms with Crippen molar-refractivity contribution in [3.05, 3.63) is 24.3 Å². The Morgan fingerprint density at radius 3 is 2.05 bits per heavy atom. The van der Waals surface area contributed by atoms with E-state index in [1.807, 2.05) is 0 Å². The van der Waals surface area contributed by atoms with E-state index in [1.165, 1.54) is 45.4 Å². The molecule has 1 saturated carbocycles. The van der Waals surface area contributed by atoms with Gasteiger partial charge in [0.15, 0.2) is 0 Å². The van der Waals surface area contributed by atoms with Crippen molar-refractivity contribution in [2.75, 3.05) is 17.2 Å². The number of rotatable bonds is 5. The Morgan fingerprint density at radius 1 is 0.955 bits per heavy atom. The minimum atomic E-state index is -0.107. The van der Waals surface area contributed by atoms with E-state index in [2.05, 4.69) is 16.0 Å². The van der Waals surface area contributed by atoms with Gasteiger partial charge in [-0.1, -0.05) is 25.7 Å². The number of hydrogen-bond donors (Lipinski definition) is 3. The van der Waals surface area contributed by atoms with Gasteiger partial charge in [-0.05, 0) is 37.1 Å². The van der Waals surface area contributed by atoms with Gasteiger partial charge >= 0.3 is 0 Å². The lowest BCUT2D eigenvalue weighted by Gasteiger charge is -2.16. The first-order valence-corrected chi connectivity index (χ1v) is 8.04. The molecule has 0 aromatic heterocycles. The average Bonchev–Trinajstić information content (AvgIpc) is 2.75. The Kier molecular flexibility index (Phi) is 6.40. The van der Waals surface area contributed by atoms with Gasteiger partial charge in [-0.3, -0.25) is 9.59 Å². The lowest BCUT2D eigenvalue weighted by molar-refractivity contribution is -0.116. The van der Waals surface area contributed by atoms with Crippen molar-refractivity contribution in [3.63, 3.8) is 0 Å². The molecule has 1 aromatic carbocycles. The predicted molar refractivity (Wildman–Crippen MR) is 88.9 cm³/mol. The standard InChI is InChI=1S/C17H25N3O2/c1-13(21)19-15-8-10-16(11-9-15)20-17(22)12-18-14-6-4-2-3-5-7-14/h8-11,14,18H,2-7,12H2,1H3,(H,19,21)(H,20,22). The zero-order valence-corrected chi connectivity index (χ0v) is 13.2. The van der Waals surface area contributed by atoms with Crippen LogP contribution in [-0.2, 0) is 9.59 Å². The normalized spacial score (nSPS) is 15.9. The summed E-state index contributed by atoms with van der Waals surface area (Å²) >= 11 is 0. The topological polar surface area (TPSA) is 70.2 Å². The maximum absolute atomic E-state index is 12.0. The van der Waals surface area contributed by atoms with Gasteiger partial charge in [0.25, 0.3) is 0 Å². The molecule has 0 saturated heterocycles. The highest BCUT2D eigenvalue weighted by molar-refractivity contribution is 5.93.